The Balaban J connectivity index is 2.37. The summed E-state index contributed by atoms with van der Waals surface area (Å²) >= 11 is 5.66. The van der Waals surface area contributed by atoms with Gasteiger partial charge < -0.3 is 10.1 Å². The van der Waals surface area contributed by atoms with Crippen LogP contribution in [0, 0.1) is 11.7 Å². The molecule has 1 saturated heterocycles. The van der Waals surface area contributed by atoms with E-state index in [0.717, 1.165) is 6.07 Å². The minimum absolute atomic E-state index is 0.206. The third kappa shape index (κ3) is 2.18. The zero-order valence-corrected chi connectivity index (χ0v) is 10.3. The molecule has 1 fully saturated rings. The Kier molecular flexibility index (Phi) is 3.52. The van der Waals surface area contributed by atoms with Crippen LogP contribution in [0.5, 0.6) is 0 Å². The van der Waals surface area contributed by atoms with Gasteiger partial charge in [-0.15, -0.1) is 0 Å². The predicted octanol–water partition coefficient (Wildman–Crippen LogP) is 1.48. The number of methoxy groups -OCH3 is 1. The van der Waals surface area contributed by atoms with E-state index in [2.05, 4.69) is 10.1 Å². The molecule has 2 rings (SSSR count). The molecule has 2 atom stereocenters. The number of esters is 1. The van der Waals surface area contributed by atoms with E-state index in [1.807, 2.05) is 0 Å². The van der Waals surface area contributed by atoms with Crippen molar-refractivity contribution in [2.45, 2.75) is 5.92 Å². The van der Waals surface area contributed by atoms with Crippen molar-refractivity contribution in [3.63, 3.8) is 0 Å². The number of halogens is 2. The van der Waals surface area contributed by atoms with Gasteiger partial charge in [-0.2, -0.15) is 0 Å². The highest BCUT2D eigenvalue weighted by Crippen LogP contribution is 2.32. The highest BCUT2D eigenvalue weighted by atomic mass is 35.5. The van der Waals surface area contributed by atoms with Crippen molar-refractivity contribution in [3.8, 4) is 0 Å². The number of hydrogen-bond acceptors (Lipinski definition) is 3. The molecule has 96 valence electrons. The quantitative estimate of drug-likeness (QED) is 0.655. The Morgan fingerprint density at radius 1 is 1.56 bits per heavy atom. The number of hydrogen-bond donors (Lipinski definition) is 1. The lowest BCUT2D eigenvalue weighted by atomic mass is 9.88. The maximum Gasteiger partial charge on any atom is 0.318 e. The SMILES string of the molecule is COC(=O)[C@@H]1C(=O)NC[C@H]1c1ccc(Cl)cc1F. The van der Waals surface area contributed by atoms with E-state index in [4.69, 9.17) is 11.6 Å². The largest absolute Gasteiger partial charge is 0.468 e. The monoisotopic (exact) mass is 271 g/mol. The number of carbonyl (C=O) groups is 2. The standard InChI is InChI=1S/C12H11ClFNO3/c1-18-12(17)10-8(5-15-11(10)16)7-3-2-6(13)4-9(7)14/h2-4,8,10H,5H2,1H3,(H,15,16)/t8-,10-/m0/s1. The van der Waals surface area contributed by atoms with Crippen LogP contribution in [-0.2, 0) is 14.3 Å². The Labute approximate surface area is 108 Å². The summed E-state index contributed by atoms with van der Waals surface area (Å²) in [6, 6.07) is 4.17. The first-order chi connectivity index (χ1) is 8.54. The van der Waals surface area contributed by atoms with Crippen LogP contribution in [0.3, 0.4) is 0 Å². The van der Waals surface area contributed by atoms with Crippen LogP contribution in [0.4, 0.5) is 4.39 Å². The summed E-state index contributed by atoms with van der Waals surface area (Å²) < 4.78 is 18.4. The first kappa shape index (κ1) is 12.8. The summed E-state index contributed by atoms with van der Waals surface area (Å²) in [6.45, 7) is 0.206. The molecule has 1 aliphatic rings. The van der Waals surface area contributed by atoms with Gasteiger partial charge in [-0.3, -0.25) is 9.59 Å². The fourth-order valence-electron chi connectivity index (χ4n) is 2.11. The van der Waals surface area contributed by atoms with E-state index in [9.17, 15) is 14.0 Å². The molecule has 0 spiro atoms. The smallest absolute Gasteiger partial charge is 0.318 e. The van der Waals surface area contributed by atoms with E-state index in [0.29, 0.717) is 0 Å². The minimum atomic E-state index is -1.01. The van der Waals surface area contributed by atoms with Crippen molar-refractivity contribution in [1.29, 1.82) is 0 Å². The first-order valence-corrected chi connectivity index (χ1v) is 5.73. The van der Waals surface area contributed by atoms with Gasteiger partial charge in [-0.25, -0.2) is 4.39 Å². The third-order valence-electron chi connectivity index (χ3n) is 3.00. The van der Waals surface area contributed by atoms with Gasteiger partial charge >= 0.3 is 5.97 Å². The lowest BCUT2D eigenvalue weighted by Gasteiger charge is -2.15. The van der Waals surface area contributed by atoms with Gasteiger partial charge in [-0.05, 0) is 17.7 Å². The molecule has 0 radical (unpaired) electrons. The van der Waals surface area contributed by atoms with Gasteiger partial charge in [0.15, 0.2) is 0 Å². The van der Waals surface area contributed by atoms with E-state index < -0.39 is 29.5 Å². The summed E-state index contributed by atoms with van der Waals surface area (Å²) in [5.41, 5.74) is 0.285. The molecular formula is C12H11ClFNO3. The predicted molar refractivity (Wildman–Crippen MR) is 62.7 cm³/mol. The second-order valence-corrected chi connectivity index (χ2v) is 4.45. The average molecular weight is 272 g/mol. The van der Waals surface area contributed by atoms with Gasteiger partial charge in [0.05, 0.1) is 7.11 Å². The van der Waals surface area contributed by atoms with Crippen molar-refractivity contribution >= 4 is 23.5 Å². The van der Waals surface area contributed by atoms with E-state index in [-0.39, 0.29) is 17.1 Å². The molecule has 0 unspecified atom stereocenters. The Hall–Kier alpha value is -1.62. The molecular weight excluding hydrogens is 261 g/mol. The zero-order chi connectivity index (χ0) is 13.3. The first-order valence-electron chi connectivity index (χ1n) is 5.35. The van der Waals surface area contributed by atoms with Crippen LogP contribution in [0.1, 0.15) is 11.5 Å². The Morgan fingerprint density at radius 2 is 2.28 bits per heavy atom. The molecule has 1 N–H and O–H groups in total. The summed E-state index contributed by atoms with van der Waals surface area (Å²) in [7, 11) is 1.20. The fraction of sp³-hybridized carbons (Fsp3) is 0.333. The highest BCUT2D eigenvalue weighted by Gasteiger charge is 2.42. The lowest BCUT2D eigenvalue weighted by molar-refractivity contribution is -0.149. The lowest BCUT2D eigenvalue weighted by Crippen LogP contribution is -2.28. The van der Waals surface area contributed by atoms with Gasteiger partial charge in [-0.1, -0.05) is 17.7 Å². The Bertz CT molecular complexity index is 506. The maximum atomic E-state index is 13.8. The normalized spacial score (nSPS) is 22.7. The average Bonchev–Trinajstić information content (AvgIpc) is 2.70. The highest BCUT2D eigenvalue weighted by molar-refractivity contribution is 6.30. The molecule has 4 nitrogen and oxygen atoms in total. The summed E-state index contributed by atoms with van der Waals surface area (Å²) in [5.74, 6) is -3.21. The number of nitrogens with one attached hydrogen (secondary N) is 1. The Morgan fingerprint density at radius 3 is 2.89 bits per heavy atom. The molecule has 1 aliphatic heterocycles. The minimum Gasteiger partial charge on any atom is -0.468 e. The zero-order valence-electron chi connectivity index (χ0n) is 9.57. The van der Waals surface area contributed by atoms with E-state index in [1.165, 1.54) is 19.2 Å². The van der Waals surface area contributed by atoms with Gasteiger partial charge in [0.2, 0.25) is 5.91 Å². The number of rotatable bonds is 2. The van der Waals surface area contributed by atoms with Crippen LogP contribution in [0.25, 0.3) is 0 Å². The molecule has 1 amide bonds. The second kappa shape index (κ2) is 4.94. The summed E-state index contributed by atoms with van der Waals surface area (Å²) in [5, 5.41) is 2.80. The van der Waals surface area contributed by atoms with Crippen LogP contribution in [0.15, 0.2) is 18.2 Å². The van der Waals surface area contributed by atoms with Crippen molar-refractivity contribution in [2.75, 3.05) is 13.7 Å². The van der Waals surface area contributed by atoms with Crippen molar-refractivity contribution in [3.05, 3.63) is 34.6 Å². The summed E-state index contributed by atoms with van der Waals surface area (Å²) in [4.78, 5) is 23.1. The summed E-state index contributed by atoms with van der Waals surface area (Å²) in [6.07, 6.45) is 0. The number of ether oxygens (including phenoxy) is 1. The molecule has 1 heterocycles. The molecule has 1 aromatic carbocycles. The van der Waals surface area contributed by atoms with Gasteiger partial charge in [0.1, 0.15) is 11.7 Å². The third-order valence-corrected chi connectivity index (χ3v) is 3.23. The van der Waals surface area contributed by atoms with Crippen molar-refractivity contribution in [2.24, 2.45) is 5.92 Å². The van der Waals surface area contributed by atoms with E-state index in [1.54, 1.807) is 0 Å². The number of carbonyl (C=O) groups excluding carboxylic acids is 2. The van der Waals surface area contributed by atoms with Crippen molar-refractivity contribution < 1.29 is 18.7 Å². The fourth-order valence-corrected chi connectivity index (χ4v) is 2.27. The molecule has 0 aromatic heterocycles. The van der Waals surface area contributed by atoms with Crippen LogP contribution >= 0.6 is 11.6 Å². The maximum absolute atomic E-state index is 13.8. The van der Waals surface area contributed by atoms with Crippen LogP contribution < -0.4 is 5.32 Å². The second-order valence-electron chi connectivity index (χ2n) is 4.02. The number of amides is 1. The van der Waals surface area contributed by atoms with E-state index >= 15 is 0 Å². The molecule has 1 aromatic rings. The van der Waals surface area contributed by atoms with Gasteiger partial charge in [0, 0.05) is 17.5 Å². The molecule has 6 heteroatoms. The van der Waals surface area contributed by atoms with Crippen LogP contribution in [0.2, 0.25) is 5.02 Å². The molecule has 0 aliphatic carbocycles. The molecule has 0 bridgehead atoms. The van der Waals surface area contributed by atoms with Gasteiger partial charge in [0.25, 0.3) is 0 Å². The van der Waals surface area contributed by atoms with Crippen LogP contribution in [-0.4, -0.2) is 25.5 Å². The molecule has 0 saturated carbocycles. The molecule has 18 heavy (non-hydrogen) atoms. The number of benzene rings is 1. The van der Waals surface area contributed by atoms with Crippen molar-refractivity contribution in [1.82, 2.24) is 5.32 Å². The topological polar surface area (TPSA) is 55.4 Å².